The fourth-order valence-electron chi connectivity index (χ4n) is 3.48. The van der Waals surface area contributed by atoms with E-state index in [-0.39, 0.29) is 23.9 Å². The van der Waals surface area contributed by atoms with Crippen LogP contribution in [-0.2, 0) is 9.53 Å². The molecule has 2 aliphatic rings. The van der Waals surface area contributed by atoms with Gasteiger partial charge in [-0.2, -0.15) is 0 Å². The summed E-state index contributed by atoms with van der Waals surface area (Å²) in [7, 11) is 0. The number of likely N-dealkylation sites (tertiary alicyclic amines) is 1. The van der Waals surface area contributed by atoms with Gasteiger partial charge in [-0.1, -0.05) is 28.1 Å². The van der Waals surface area contributed by atoms with E-state index in [4.69, 9.17) is 4.74 Å². The Bertz CT molecular complexity index is 623. The number of halogens is 1. The van der Waals surface area contributed by atoms with Gasteiger partial charge in [-0.15, -0.1) is 0 Å². The third kappa shape index (κ3) is 4.76. The van der Waals surface area contributed by atoms with E-state index in [2.05, 4.69) is 21.2 Å². The number of nitrogens with one attached hydrogen (secondary N) is 1. The second-order valence-corrected chi connectivity index (χ2v) is 7.84. The molecule has 0 spiro atoms. The van der Waals surface area contributed by atoms with Crippen LogP contribution in [0.5, 0.6) is 0 Å². The van der Waals surface area contributed by atoms with Gasteiger partial charge in [0.15, 0.2) is 0 Å². The van der Waals surface area contributed by atoms with Crippen LogP contribution in [0, 0.1) is 5.92 Å². The van der Waals surface area contributed by atoms with E-state index in [0.29, 0.717) is 39.4 Å². The molecule has 0 saturated carbocycles. The van der Waals surface area contributed by atoms with Crippen molar-refractivity contribution in [2.45, 2.75) is 25.8 Å². The van der Waals surface area contributed by atoms with Crippen molar-refractivity contribution in [1.29, 1.82) is 0 Å². The average Bonchev–Trinajstić information content (AvgIpc) is 2.68. The third-order valence-corrected chi connectivity index (χ3v) is 5.69. The molecule has 0 aromatic heterocycles. The number of rotatable bonds is 3. The molecule has 1 unspecified atom stereocenters. The van der Waals surface area contributed by atoms with E-state index in [0.717, 1.165) is 22.9 Å². The van der Waals surface area contributed by atoms with Gasteiger partial charge in [0.25, 0.3) is 0 Å². The van der Waals surface area contributed by atoms with Crippen molar-refractivity contribution < 1.29 is 14.3 Å². The van der Waals surface area contributed by atoms with Crippen molar-refractivity contribution in [1.82, 2.24) is 15.1 Å². The zero-order chi connectivity index (χ0) is 18.5. The molecule has 7 heteroatoms. The molecule has 142 valence electrons. The minimum atomic E-state index is -0.0577. The molecule has 2 heterocycles. The quantitative estimate of drug-likeness (QED) is 0.812. The summed E-state index contributed by atoms with van der Waals surface area (Å²) in [5.41, 5.74) is 1.07. The van der Waals surface area contributed by atoms with Gasteiger partial charge in [-0.3, -0.25) is 4.79 Å². The minimum Gasteiger partial charge on any atom is -0.378 e. The Morgan fingerprint density at radius 3 is 2.31 bits per heavy atom. The first-order valence-electron chi connectivity index (χ1n) is 9.22. The maximum absolute atomic E-state index is 12.6. The second-order valence-electron chi connectivity index (χ2n) is 6.92. The lowest BCUT2D eigenvalue weighted by atomic mass is 9.95. The van der Waals surface area contributed by atoms with E-state index in [1.165, 1.54) is 0 Å². The van der Waals surface area contributed by atoms with Crippen LogP contribution in [0.15, 0.2) is 28.7 Å². The summed E-state index contributed by atoms with van der Waals surface area (Å²) < 4.78 is 6.33. The van der Waals surface area contributed by atoms with Gasteiger partial charge in [0.1, 0.15) is 0 Å². The van der Waals surface area contributed by atoms with Gasteiger partial charge < -0.3 is 19.9 Å². The van der Waals surface area contributed by atoms with Crippen LogP contribution in [0.4, 0.5) is 4.79 Å². The van der Waals surface area contributed by atoms with Crippen LogP contribution in [0.3, 0.4) is 0 Å². The van der Waals surface area contributed by atoms with Crippen LogP contribution in [-0.4, -0.2) is 61.1 Å². The van der Waals surface area contributed by atoms with Crippen molar-refractivity contribution in [2.24, 2.45) is 5.92 Å². The van der Waals surface area contributed by atoms with Gasteiger partial charge in [0, 0.05) is 36.6 Å². The third-order valence-electron chi connectivity index (χ3n) is 5.16. The summed E-state index contributed by atoms with van der Waals surface area (Å²) in [5, 5.41) is 3.05. The summed E-state index contributed by atoms with van der Waals surface area (Å²) in [4.78, 5) is 28.8. The Labute approximate surface area is 163 Å². The molecule has 6 nitrogen and oxygen atoms in total. The molecule has 3 rings (SSSR count). The number of benzene rings is 1. The highest BCUT2D eigenvalue weighted by Crippen LogP contribution is 2.22. The first kappa shape index (κ1) is 19.2. The zero-order valence-corrected chi connectivity index (χ0v) is 16.7. The summed E-state index contributed by atoms with van der Waals surface area (Å²) in [5.74, 6) is 0.248. The first-order chi connectivity index (χ1) is 12.5. The molecular formula is C19H26BrN3O3. The van der Waals surface area contributed by atoms with E-state index in [9.17, 15) is 9.59 Å². The van der Waals surface area contributed by atoms with Crippen LogP contribution in [0.1, 0.15) is 31.4 Å². The lowest BCUT2D eigenvalue weighted by Crippen LogP contribution is -2.49. The molecule has 0 radical (unpaired) electrons. The maximum Gasteiger partial charge on any atom is 0.317 e. The summed E-state index contributed by atoms with van der Waals surface area (Å²) in [6.45, 7) is 5.85. The van der Waals surface area contributed by atoms with Gasteiger partial charge in [-0.25, -0.2) is 4.79 Å². The Balaban J connectivity index is 1.47. The molecule has 1 N–H and O–H groups in total. The molecule has 26 heavy (non-hydrogen) atoms. The van der Waals surface area contributed by atoms with Crippen molar-refractivity contribution in [3.8, 4) is 0 Å². The minimum absolute atomic E-state index is 0.0287. The average molecular weight is 424 g/mol. The monoisotopic (exact) mass is 423 g/mol. The molecule has 3 amide bonds. The fourth-order valence-corrected chi connectivity index (χ4v) is 3.75. The predicted molar refractivity (Wildman–Crippen MR) is 103 cm³/mol. The molecule has 2 fully saturated rings. The highest BCUT2D eigenvalue weighted by molar-refractivity contribution is 9.10. The molecular weight excluding hydrogens is 398 g/mol. The van der Waals surface area contributed by atoms with E-state index in [1.54, 1.807) is 0 Å². The Hall–Kier alpha value is -1.60. The largest absolute Gasteiger partial charge is 0.378 e. The Kier molecular flexibility index (Phi) is 6.53. The van der Waals surface area contributed by atoms with E-state index >= 15 is 0 Å². The Morgan fingerprint density at radius 2 is 1.69 bits per heavy atom. The topological polar surface area (TPSA) is 61.9 Å². The molecule has 2 saturated heterocycles. The van der Waals surface area contributed by atoms with Crippen LogP contribution in [0.25, 0.3) is 0 Å². The number of carbonyl (C=O) groups is 2. The van der Waals surface area contributed by atoms with Gasteiger partial charge in [0.2, 0.25) is 5.91 Å². The SMILES string of the molecule is CC(NC(=O)N1CCC(C(=O)N2CCOCC2)CC1)c1ccc(Br)cc1. The lowest BCUT2D eigenvalue weighted by Gasteiger charge is -2.35. The lowest BCUT2D eigenvalue weighted by molar-refractivity contribution is -0.141. The molecule has 2 aliphatic heterocycles. The van der Waals surface area contributed by atoms with Crippen molar-refractivity contribution >= 4 is 27.9 Å². The van der Waals surface area contributed by atoms with Gasteiger partial charge in [0.05, 0.1) is 19.3 Å². The Morgan fingerprint density at radius 1 is 1.08 bits per heavy atom. The molecule has 0 bridgehead atoms. The maximum atomic E-state index is 12.6. The summed E-state index contributed by atoms with van der Waals surface area (Å²) >= 11 is 3.42. The fraction of sp³-hybridized carbons (Fsp3) is 0.579. The van der Waals surface area contributed by atoms with Gasteiger partial charge >= 0.3 is 6.03 Å². The van der Waals surface area contributed by atoms with Crippen LogP contribution >= 0.6 is 15.9 Å². The molecule has 1 aromatic carbocycles. The molecule has 0 aliphatic carbocycles. The number of nitrogens with zero attached hydrogens (tertiary/aromatic N) is 2. The normalized spacial score (nSPS) is 19.9. The van der Waals surface area contributed by atoms with Crippen molar-refractivity contribution in [2.75, 3.05) is 39.4 Å². The number of piperidine rings is 1. The number of hydrogen-bond donors (Lipinski definition) is 1. The number of hydrogen-bond acceptors (Lipinski definition) is 3. The van der Waals surface area contributed by atoms with E-state index < -0.39 is 0 Å². The predicted octanol–water partition coefficient (Wildman–Crippen LogP) is 2.79. The van der Waals surface area contributed by atoms with E-state index in [1.807, 2.05) is 41.0 Å². The smallest absolute Gasteiger partial charge is 0.317 e. The first-order valence-corrected chi connectivity index (χ1v) is 10.0. The number of carbonyl (C=O) groups excluding carboxylic acids is 2. The second kappa shape index (κ2) is 8.86. The molecule has 1 aromatic rings. The standard InChI is InChI=1S/C19H26BrN3O3/c1-14(15-2-4-17(20)5-3-15)21-19(25)23-8-6-16(7-9-23)18(24)22-10-12-26-13-11-22/h2-5,14,16H,6-13H2,1H3,(H,21,25). The van der Waals surface area contributed by atoms with Crippen LogP contribution < -0.4 is 5.32 Å². The van der Waals surface area contributed by atoms with Gasteiger partial charge in [-0.05, 0) is 37.5 Å². The highest BCUT2D eigenvalue weighted by Gasteiger charge is 2.31. The van der Waals surface area contributed by atoms with Crippen molar-refractivity contribution in [3.63, 3.8) is 0 Å². The number of ether oxygens (including phenoxy) is 1. The number of urea groups is 1. The number of morpholine rings is 1. The molecule has 1 atom stereocenters. The summed E-state index contributed by atoms with van der Waals surface area (Å²) in [6.07, 6.45) is 1.46. The summed E-state index contributed by atoms with van der Waals surface area (Å²) in [6, 6.07) is 7.84. The highest BCUT2D eigenvalue weighted by atomic mass is 79.9. The zero-order valence-electron chi connectivity index (χ0n) is 15.1. The van der Waals surface area contributed by atoms with Crippen LogP contribution in [0.2, 0.25) is 0 Å². The van der Waals surface area contributed by atoms with Crippen molar-refractivity contribution in [3.05, 3.63) is 34.3 Å². The number of amides is 3.